The van der Waals surface area contributed by atoms with Crippen molar-refractivity contribution < 1.29 is 9.13 Å². The summed E-state index contributed by atoms with van der Waals surface area (Å²) in [5, 5.41) is 7.98. The molecule has 0 aliphatic carbocycles. The summed E-state index contributed by atoms with van der Waals surface area (Å²) in [7, 11) is 1.41. The second kappa shape index (κ2) is 8.19. The second-order valence-electron chi connectivity index (χ2n) is 4.32. The molecule has 0 fully saturated rings. The molecule has 0 unspecified atom stereocenters. The summed E-state index contributed by atoms with van der Waals surface area (Å²) in [6.07, 6.45) is 1.31. The van der Waals surface area contributed by atoms with E-state index in [2.05, 4.69) is 10.2 Å². The first-order valence-electron chi connectivity index (χ1n) is 6.56. The molecule has 2 N–H and O–H groups in total. The zero-order chi connectivity index (χ0) is 15.8. The first-order valence-corrected chi connectivity index (χ1v) is 7.55. The number of halogens is 1. The number of rotatable bonds is 5. The van der Waals surface area contributed by atoms with Gasteiger partial charge in [-0.15, -0.1) is 5.10 Å². The van der Waals surface area contributed by atoms with Crippen LogP contribution in [0.15, 0.2) is 58.7 Å². The fourth-order valence-electron chi connectivity index (χ4n) is 1.69. The van der Waals surface area contributed by atoms with E-state index in [1.54, 1.807) is 18.2 Å². The van der Waals surface area contributed by atoms with Crippen molar-refractivity contribution in [1.29, 1.82) is 0 Å². The van der Waals surface area contributed by atoms with Crippen LogP contribution in [0.25, 0.3) is 0 Å². The van der Waals surface area contributed by atoms with Crippen LogP contribution in [-0.4, -0.2) is 18.5 Å². The summed E-state index contributed by atoms with van der Waals surface area (Å²) in [5.41, 5.74) is 7.20. The summed E-state index contributed by atoms with van der Waals surface area (Å²) >= 11 is 1.37. The molecule has 2 aromatic carbocycles. The molecule has 0 atom stereocenters. The number of hydrogen-bond acceptors (Lipinski definition) is 4. The Kier molecular flexibility index (Phi) is 5.97. The van der Waals surface area contributed by atoms with Gasteiger partial charge in [0.2, 0.25) is 0 Å². The van der Waals surface area contributed by atoms with Gasteiger partial charge in [0.15, 0.2) is 16.7 Å². The minimum atomic E-state index is -0.473. The van der Waals surface area contributed by atoms with Crippen LogP contribution >= 0.6 is 11.8 Å². The standard InChI is InChI=1S/C16H16FN3OS/c1-21-14-9-5-8-13(15(14)17)10-19-20-16(18)22-11-12-6-3-2-4-7-12/h2-10H,11H2,1H3,(H2,18,20). The van der Waals surface area contributed by atoms with Gasteiger partial charge in [0.05, 0.1) is 13.3 Å². The van der Waals surface area contributed by atoms with Gasteiger partial charge in [0.25, 0.3) is 0 Å². The predicted octanol–water partition coefficient (Wildman–Crippen LogP) is 3.42. The van der Waals surface area contributed by atoms with Crippen molar-refractivity contribution >= 4 is 23.1 Å². The van der Waals surface area contributed by atoms with Crippen LogP contribution < -0.4 is 10.5 Å². The van der Waals surface area contributed by atoms with E-state index in [1.807, 2.05) is 30.3 Å². The molecule has 4 nitrogen and oxygen atoms in total. The molecule has 6 heteroatoms. The number of nitrogens with two attached hydrogens (primary N) is 1. The molecular formula is C16H16FN3OS. The Morgan fingerprint density at radius 2 is 2.00 bits per heavy atom. The van der Waals surface area contributed by atoms with Crippen LogP contribution in [0.4, 0.5) is 4.39 Å². The minimum Gasteiger partial charge on any atom is -0.494 e. The Balaban J connectivity index is 1.95. The number of amidine groups is 1. The smallest absolute Gasteiger partial charge is 0.180 e. The summed E-state index contributed by atoms with van der Waals surface area (Å²) in [6.45, 7) is 0. The molecule has 2 aromatic rings. The molecule has 0 saturated heterocycles. The van der Waals surface area contributed by atoms with E-state index >= 15 is 0 Å². The number of thioether (sulfide) groups is 1. The molecule has 0 aliphatic rings. The van der Waals surface area contributed by atoms with E-state index < -0.39 is 5.82 Å². The van der Waals surface area contributed by atoms with Crippen molar-refractivity contribution in [1.82, 2.24) is 0 Å². The average molecular weight is 317 g/mol. The normalized spacial score (nSPS) is 11.8. The molecule has 0 amide bonds. The monoisotopic (exact) mass is 317 g/mol. The van der Waals surface area contributed by atoms with Gasteiger partial charge in [-0.3, -0.25) is 0 Å². The van der Waals surface area contributed by atoms with E-state index in [-0.39, 0.29) is 5.75 Å². The maximum atomic E-state index is 13.9. The highest BCUT2D eigenvalue weighted by Gasteiger charge is 2.05. The van der Waals surface area contributed by atoms with E-state index in [0.29, 0.717) is 16.5 Å². The lowest BCUT2D eigenvalue weighted by Crippen LogP contribution is -2.06. The van der Waals surface area contributed by atoms with Crippen molar-refractivity contribution in [3.63, 3.8) is 0 Å². The lowest BCUT2D eigenvalue weighted by Gasteiger charge is -2.02. The van der Waals surface area contributed by atoms with Crippen molar-refractivity contribution in [2.75, 3.05) is 7.11 Å². The highest BCUT2D eigenvalue weighted by Crippen LogP contribution is 2.18. The van der Waals surface area contributed by atoms with Crippen LogP contribution in [0.1, 0.15) is 11.1 Å². The summed E-state index contributed by atoms with van der Waals surface area (Å²) in [6, 6.07) is 14.7. The first-order chi connectivity index (χ1) is 10.7. The fourth-order valence-corrected chi connectivity index (χ4v) is 2.31. The van der Waals surface area contributed by atoms with Crippen molar-refractivity contribution in [3.8, 4) is 5.75 Å². The SMILES string of the molecule is COc1cccc(C=NN=C(N)SCc2ccccc2)c1F. The molecule has 0 spiro atoms. The highest BCUT2D eigenvalue weighted by molar-refractivity contribution is 8.13. The first kappa shape index (κ1) is 16.0. The number of hydrogen-bond donors (Lipinski definition) is 1. The average Bonchev–Trinajstić information content (AvgIpc) is 2.55. The third kappa shape index (κ3) is 4.60. The Morgan fingerprint density at radius 1 is 1.23 bits per heavy atom. The van der Waals surface area contributed by atoms with E-state index in [0.717, 1.165) is 5.56 Å². The molecule has 0 aromatic heterocycles. The van der Waals surface area contributed by atoms with E-state index in [9.17, 15) is 4.39 Å². The van der Waals surface area contributed by atoms with Gasteiger partial charge in [-0.2, -0.15) is 5.10 Å². The summed E-state index contributed by atoms with van der Waals surface area (Å²) in [4.78, 5) is 0. The van der Waals surface area contributed by atoms with Crippen LogP contribution in [0.2, 0.25) is 0 Å². The zero-order valence-electron chi connectivity index (χ0n) is 12.1. The van der Waals surface area contributed by atoms with Crippen molar-refractivity contribution in [2.45, 2.75) is 5.75 Å². The predicted molar refractivity (Wildman–Crippen MR) is 89.9 cm³/mol. The van der Waals surface area contributed by atoms with Gasteiger partial charge >= 0.3 is 0 Å². The summed E-state index contributed by atoms with van der Waals surface area (Å²) in [5.74, 6) is 0.401. The van der Waals surface area contributed by atoms with Gasteiger partial charge in [0, 0.05) is 11.3 Å². The highest BCUT2D eigenvalue weighted by atomic mass is 32.2. The van der Waals surface area contributed by atoms with Crippen LogP contribution in [-0.2, 0) is 5.75 Å². The molecule has 114 valence electrons. The number of methoxy groups -OCH3 is 1. The minimum absolute atomic E-state index is 0.166. The Labute approximate surface area is 132 Å². The summed E-state index contributed by atoms with van der Waals surface area (Å²) < 4.78 is 18.8. The second-order valence-corrected chi connectivity index (χ2v) is 5.32. The van der Waals surface area contributed by atoms with Crippen LogP contribution in [0.3, 0.4) is 0 Å². The maximum Gasteiger partial charge on any atom is 0.180 e. The number of nitrogens with zero attached hydrogens (tertiary/aromatic N) is 2. The Bertz CT molecular complexity index is 674. The topological polar surface area (TPSA) is 60.0 Å². The molecule has 2 rings (SSSR count). The molecule has 0 saturated carbocycles. The lowest BCUT2D eigenvalue weighted by atomic mass is 10.2. The van der Waals surface area contributed by atoms with Crippen LogP contribution in [0, 0.1) is 5.82 Å². The fraction of sp³-hybridized carbons (Fsp3) is 0.125. The Morgan fingerprint density at radius 3 is 2.73 bits per heavy atom. The third-order valence-corrected chi connectivity index (χ3v) is 3.65. The Hall–Kier alpha value is -2.34. The van der Waals surface area contributed by atoms with Gasteiger partial charge < -0.3 is 10.5 Å². The van der Waals surface area contributed by atoms with Gasteiger partial charge in [0.1, 0.15) is 0 Å². The molecule has 0 heterocycles. The van der Waals surface area contributed by atoms with Crippen LogP contribution in [0.5, 0.6) is 5.75 Å². The maximum absolute atomic E-state index is 13.9. The van der Waals surface area contributed by atoms with Gasteiger partial charge in [-0.1, -0.05) is 54.2 Å². The number of benzene rings is 2. The quantitative estimate of drug-likeness (QED) is 0.522. The van der Waals surface area contributed by atoms with Crippen molar-refractivity contribution in [3.05, 3.63) is 65.5 Å². The molecule has 0 bridgehead atoms. The third-order valence-electron chi connectivity index (χ3n) is 2.80. The van der Waals surface area contributed by atoms with E-state index in [1.165, 1.54) is 25.1 Å². The van der Waals surface area contributed by atoms with Crippen molar-refractivity contribution in [2.24, 2.45) is 15.9 Å². The zero-order valence-corrected chi connectivity index (χ0v) is 12.9. The molecular weight excluding hydrogens is 301 g/mol. The van der Waals surface area contributed by atoms with E-state index in [4.69, 9.17) is 10.5 Å². The lowest BCUT2D eigenvalue weighted by molar-refractivity contribution is 0.386. The van der Waals surface area contributed by atoms with Gasteiger partial charge in [-0.05, 0) is 11.6 Å². The largest absolute Gasteiger partial charge is 0.494 e. The molecule has 0 aliphatic heterocycles. The molecule has 0 radical (unpaired) electrons. The molecule has 22 heavy (non-hydrogen) atoms. The number of ether oxygens (including phenoxy) is 1. The van der Waals surface area contributed by atoms with Gasteiger partial charge in [-0.25, -0.2) is 4.39 Å².